The maximum absolute atomic E-state index is 12.1. The molecule has 0 aromatic heterocycles. The number of carbonyl (C=O) groups is 1. The number of nitrogens with one attached hydrogen (secondary N) is 1. The highest BCUT2D eigenvalue weighted by molar-refractivity contribution is 6.37. The van der Waals surface area contributed by atoms with Crippen LogP contribution in [0, 0.1) is 10.1 Å². The molecule has 0 radical (unpaired) electrons. The van der Waals surface area contributed by atoms with Crippen molar-refractivity contribution in [3.63, 3.8) is 0 Å². The lowest BCUT2D eigenvalue weighted by atomic mass is 10.1. The van der Waals surface area contributed by atoms with Gasteiger partial charge in [0.15, 0.2) is 5.75 Å². The lowest BCUT2D eigenvalue weighted by molar-refractivity contribution is -0.384. The zero-order chi connectivity index (χ0) is 22.6. The molecule has 0 spiro atoms. The van der Waals surface area contributed by atoms with E-state index in [4.69, 9.17) is 27.9 Å². The number of non-ortho nitro benzene ring substituents is 1. The van der Waals surface area contributed by atoms with Gasteiger partial charge in [0.05, 0.1) is 27.8 Å². The van der Waals surface area contributed by atoms with E-state index in [1.165, 1.54) is 56.2 Å². The third kappa shape index (κ3) is 8.19. The monoisotopic (exact) mass is 465 g/mol. The van der Waals surface area contributed by atoms with Crippen molar-refractivity contribution in [3.8, 4) is 5.75 Å². The summed E-state index contributed by atoms with van der Waals surface area (Å²) in [6, 6.07) is 8.50. The van der Waals surface area contributed by atoms with Crippen molar-refractivity contribution >= 4 is 41.0 Å². The predicted molar refractivity (Wildman–Crippen MR) is 123 cm³/mol. The van der Waals surface area contributed by atoms with Crippen molar-refractivity contribution in [1.29, 1.82) is 0 Å². The second kappa shape index (κ2) is 12.9. The Labute approximate surface area is 191 Å². The van der Waals surface area contributed by atoms with Crippen molar-refractivity contribution in [1.82, 2.24) is 5.43 Å². The Kier molecular flexibility index (Phi) is 10.3. The summed E-state index contributed by atoms with van der Waals surface area (Å²) in [5.41, 5.74) is 3.10. The van der Waals surface area contributed by atoms with Gasteiger partial charge in [0.2, 0.25) is 0 Å². The zero-order valence-electron chi connectivity index (χ0n) is 17.3. The van der Waals surface area contributed by atoms with E-state index in [0.29, 0.717) is 28.0 Å². The largest absolute Gasteiger partial charge is 0.490 e. The first kappa shape index (κ1) is 24.6. The fourth-order valence-electron chi connectivity index (χ4n) is 2.81. The highest BCUT2D eigenvalue weighted by Gasteiger charge is 2.10. The van der Waals surface area contributed by atoms with Crippen molar-refractivity contribution in [2.24, 2.45) is 5.10 Å². The molecule has 0 bridgehead atoms. The molecule has 0 aliphatic carbocycles. The van der Waals surface area contributed by atoms with E-state index < -0.39 is 10.8 Å². The Hall–Kier alpha value is -2.64. The second-order valence-corrected chi connectivity index (χ2v) is 7.75. The van der Waals surface area contributed by atoms with Gasteiger partial charge in [-0.1, -0.05) is 62.2 Å². The lowest BCUT2D eigenvalue weighted by Gasteiger charge is -2.10. The van der Waals surface area contributed by atoms with Crippen LogP contribution in [-0.4, -0.2) is 23.7 Å². The smallest absolute Gasteiger partial charge is 0.271 e. The molecule has 0 aliphatic heterocycles. The number of carbonyl (C=O) groups excluding carboxylic acids is 1. The summed E-state index contributed by atoms with van der Waals surface area (Å²) < 4.78 is 5.73. The van der Waals surface area contributed by atoms with E-state index in [-0.39, 0.29) is 11.3 Å². The first-order chi connectivity index (χ1) is 14.9. The van der Waals surface area contributed by atoms with Gasteiger partial charge in [0, 0.05) is 17.7 Å². The number of hydrazone groups is 1. The predicted octanol–water partition coefficient (Wildman–Crippen LogP) is 6.40. The molecule has 2 aromatic carbocycles. The summed E-state index contributed by atoms with van der Waals surface area (Å²) in [6.07, 6.45) is 8.36. The molecule has 1 amide bonds. The molecule has 2 rings (SSSR count). The Morgan fingerprint density at radius 3 is 2.32 bits per heavy atom. The minimum absolute atomic E-state index is 0.0943. The minimum Gasteiger partial charge on any atom is -0.490 e. The van der Waals surface area contributed by atoms with Crippen molar-refractivity contribution in [2.75, 3.05) is 6.61 Å². The number of unbranched alkanes of at least 4 members (excludes halogenated alkanes) is 5. The molecule has 0 fully saturated rings. The molecule has 0 aliphatic rings. The van der Waals surface area contributed by atoms with Crippen molar-refractivity contribution < 1.29 is 14.5 Å². The fraction of sp³-hybridized carbons (Fsp3) is 0.364. The molecule has 1 N–H and O–H groups in total. The first-order valence-corrected chi connectivity index (χ1v) is 10.9. The first-order valence-electron chi connectivity index (χ1n) is 10.1. The quantitative estimate of drug-likeness (QED) is 0.169. The van der Waals surface area contributed by atoms with E-state index in [0.717, 1.165) is 12.8 Å². The van der Waals surface area contributed by atoms with Gasteiger partial charge in [-0.2, -0.15) is 5.10 Å². The highest BCUT2D eigenvalue weighted by Crippen LogP contribution is 2.34. The molecule has 31 heavy (non-hydrogen) atoms. The molecule has 0 heterocycles. The molecule has 0 unspecified atom stereocenters. The number of hydrogen-bond acceptors (Lipinski definition) is 5. The van der Waals surface area contributed by atoms with Gasteiger partial charge in [0.1, 0.15) is 0 Å². The van der Waals surface area contributed by atoms with Gasteiger partial charge < -0.3 is 4.74 Å². The van der Waals surface area contributed by atoms with Crippen molar-refractivity contribution in [2.45, 2.75) is 45.4 Å². The summed E-state index contributed by atoms with van der Waals surface area (Å²) in [7, 11) is 0. The van der Waals surface area contributed by atoms with E-state index >= 15 is 0 Å². The molecule has 7 nitrogen and oxygen atoms in total. The van der Waals surface area contributed by atoms with Gasteiger partial charge in [0.25, 0.3) is 11.6 Å². The molecule has 0 saturated carbocycles. The van der Waals surface area contributed by atoms with Crippen LogP contribution in [-0.2, 0) is 0 Å². The number of hydrogen-bond donors (Lipinski definition) is 1. The van der Waals surface area contributed by atoms with Crippen LogP contribution in [0.1, 0.15) is 61.4 Å². The van der Waals surface area contributed by atoms with Crippen molar-refractivity contribution in [3.05, 3.63) is 67.7 Å². The molecule has 0 saturated heterocycles. The number of halogens is 2. The van der Waals surface area contributed by atoms with Crippen LogP contribution in [0.2, 0.25) is 10.0 Å². The van der Waals surface area contributed by atoms with E-state index in [1.54, 1.807) is 12.1 Å². The Morgan fingerprint density at radius 2 is 1.71 bits per heavy atom. The maximum Gasteiger partial charge on any atom is 0.271 e. The maximum atomic E-state index is 12.1. The fourth-order valence-corrected chi connectivity index (χ4v) is 3.43. The minimum atomic E-state index is -0.533. The van der Waals surface area contributed by atoms with Crippen LogP contribution in [0.25, 0.3) is 0 Å². The third-order valence-corrected chi connectivity index (χ3v) is 5.05. The zero-order valence-corrected chi connectivity index (χ0v) is 18.8. The van der Waals surface area contributed by atoms with Crippen LogP contribution in [0.5, 0.6) is 5.75 Å². The molecular formula is C22H25Cl2N3O4. The summed E-state index contributed by atoms with van der Waals surface area (Å²) in [5.74, 6) is -0.0637. The van der Waals surface area contributed by atoms with E-state index in [9.17, 15) is 14.9 Å². The summed E-state index contributed by atoms with van der Waals surface area (Å²) in [6.45, 7) is 2.73. The van der Waals surface area contributed by atoms with Gasteiger partial charge in [-0.15, -0.1) is 0 Å². The molecule has 9 heteroatoms. The van der Waals surface area contributed by atoms with E-state index in [2.05, 4.69) is 17.5 Å². The Morgan fingerprint density at radius 1 is 1.10 bits per heavy atom. The molecule has 0 atom stereocenters. The van der Waals surface area contributed by atoms with Gasteiger partial charge in [-0.3, -0.25) is 14.9 Å². The molecule has 2 aromatic rings. The highest BCUT2D eigenvalue weighted by atomic mass is 35.5. The van der Waals surface area contributed by atoms with Gasteiger partial charge in [-0.05, 0) is 36.2 Å². The summed E-state index contributed by atoms with van der Waals surface area (Å²) in [4.78, 5) is 22.2. The number of rotatable bonds is 12. The third-order valence-electron chi connectivity index (χ3n) is 4.48. The number of nitro groups is 1. The van der Waals surface area contributed by atoms with Gasteiger partial charge >= 0.3 is 0 Å². The van der Waals surface area contributed by atoms with E-state index in [1.807, 2.05) is 0 Å². The van der Waals surface area contributed by atoms with Crippen LogP contribution >= 0.6 is 23.2 Å². The summed E-state index contributed by atoms with van der Waals surface area (Å²) >= 11 is 12.6. The van der Waals surface area contributed by atoms with Gasteiger partial charge in [-0.25, -0.2) is 5.43 Å². The van der Waals surface area contributed by atoms with Crippen LogP contribution in [0.15, 0.2) is 41.5 Å². The van der Waals surface area contributed by atoms with Crippen LogP contribution in [0.4, 0.5) is 5.69 Å². The average Bonchev–Trinajstić information content (AvgIpc) is 2.74. The molecule has 166 valence electrons. The second-order valence-electron chi connectivity index (χ2n) is 6.93. The standard InChI is InChI=1S/C22H25Cl2N3O4/c1-2-3-4-5-6-7-12-31-21-19(23)13-16(14-20(21)24)15-25-26-22(28)17-8-10-18(11-9-17)27(29)30/h8-11,13-15H,2-7,12H2,1H3,(H,26,28)/b25-15+. The van der Waals surface area contributed by atoms with Crippen LogP contribution < -0.4 is 10.2 Å². The van der Waals surface area contributed by atoms with Crippen LogP contribution in [0.3, 0.4) is 0 Å². The summed E-state index contributed by atoms with van der Waals surface area (Å²) in [5, 5.41) is 15.3. The molecular weight excluding hydrogens is 441 g/mol. The number of ether oxygens (including phenoxy) is 1. The SMILES string of the molecule is CCCCCCCCOc1c(Cl)cc(/C=N/NC(=O)c2ccc([N+](=O)[O-])cc2)cc1Cl. The Bertz CT molecular complexity index is 894. The lowest BCUT2D eigenvalue weighted by Crippen LogP contribution is -2.17. The average molecular weight is 466 g/mol. The Balaban J connectivity index is 1.87. The normalized spacial score (nSPS) is 10.9. The number of amides is 1. The number of benzene rings is 2. The number of nitrogens with zero attached hydrogens (tertiary/aromatic N) is 2. The number of nitro benzene ring substituents is 1. The topological polar surface area (TPSA) is 93.8 Å².